The number of hydrogen-bond donors (Lipinski definition) is 1. The van der Waals surface area contributed by atoms with Crippen LogP contribution in [0.2, 0.25) is 0 Å². The van der Waals surface area contributed by atoms with Gasteiger partial charge in [0, 0.05) is 18.2 Å². The minimum atomic E-state index is -4.41. The van der Waals surface area contributed by atoms with Crippen LogP contribution in [-0.2, 0) is 12.7 Å². The molecule has 0 radical (unpaired) electrons. The molecule has 1 heterocycles. The van der Waals surface area contributed by atoms with E-state index in [4.69, 9.17) is 0 Å². The van der Waals surface area contributed by atoms with Crippen LogP contribution in [0.5, 0.6) is 0 Å². The highest BCUT2D eigenvalue weighted by Gasteiger charge is 2.40. The van der Waals surface area contributed by atoms with E-state index in [2.05, 4.69) is 10.4 Å². The molecule has 1 aromatic carbocycles. The Balaban J connectivity index is 1.58. The van der Waals surface area contributed by atoms with Gasteiger partial charge in [0.1, 0.15) is 0 Å². The summed E-state index contributed by atoms with van der Waals surface area (Å²) in [5.74, 6) is 1.03. The molecule has 0 saturated heterocycles. The number of nitrogens with zero attached hydrogens (tertiary/aromatic N) is 2. The Kier molecular flexibility index (Phi) is 4.48. The number of aryl methyl sites for hydroxylation is 1. The highest BCUT2D eigenvalue weighted by Crippen LogP contribution is 2.44. The lowest BCUT2D eigenvalue weighted by Crippen LogP contribution is -2.38. The fourth-order valence-corrected chi connectivity index (χ4v) is 4.52. The standard InChI is InChI=1S/C20H22F3N3O/c1-2-26-18(14-4-3-5-15(10-14)20(21,22)23)11-17(25-26)19(27)24-16-9-12-6-7-13(16)8-12/h3-5,10-13,16H,2,6-9H2,1H3,(H,24,27)/t12-,13-,16+/m0/s1. The number of hydrogen-bond acceptors (Lipinski definition) is 2. The summed E-state index contributed by atoms with van der Waals surface area (Å²) in [6, 6.07) is 6.90. The monoisotopic (exact) mass is 377 g/mol. The van der Waals surface area contributed by atoms with Crippen LogP contribution in [0.1, 0.15) is 48.7 Å². The molecule has 27 heavy (non-hydrogen) atoms. The van der Waals surface area contributed by atoms with E-state index in [1.54, 1.807) is 16.8 Å². The summed E-state index contributed by atoms with van der Waals surface area (Å²) in [4.78, 5) is 12.6. The van der Waals surface area contributed by atoms with Gasteiger partial charge in [-0.2, -0.15) is 18.3 Å². The van der Waals surface area contributed by atoms with Crippen LogP contribution in [-0.4, -0.2) is 21.7 Å². The molecule has 0 spiro atoms. The van der Waals surface area contributed by atoms with Gasteiger partial charge >= 0.3 is 6.18 Å². The van der Waals surface area contributed by atoms with Crippen LogP contribution in [0.4, 0.5) is 13.2 Å². The second kappa shape index (κ2) is 6.69. The summed E-state index contributed by atoms with van der Waals surface area (Å²) in [7, 11) is 0. The number of carbonyl (C=O) groups is 1. The van der Waals surface area contributed by atoms with E-state index in [1.807, 2.05) is 6.92 Å². The molecule has 2 aromatic rings. The van der Waals surface area contributed by atoms with Gasteiger partial charge in [0.15, 0.2) is 5.69 Å². The first-order valence-electron chi connectivity index (χ1n) is 9.41. The topological polar surface area (TPSA) is 46.9 Å². The number of fused-ring (bicyclic) bond motifs is 2. The van der Waals surface area contributed by atoms with Crippen LogP contribution in [0.3, 0.4) is 0 Å². The molecule has 144 valence electrons. The zero-order valence-electron chi connectivity index (χ0n) is 15.1. The van der Waals surface area contributed by atoms with Crippen LogP contribution in [0.25, 0.3) is 11.3 Å². The molecule has 4 nitrogen and oxygen atoms in total. The molecule has 4 rings (SSSR count). The second-order valence-corrected chi connectivity index (χ2v) is 7.56. The molecule has 2 fully saturated rings. The normalized spacial score (nSPS) is 24.4. The molecule has 0 unspecified atom stereocenters. The lowest BCUT2D eigenvalue weighted by atomic mass is 9.95. The fraction of sp³-hybridized carbons (Fsp3) is 0.500. The van der Waals surface area contributed by atoms with Crippen molar-refractivity contribution in [2.45, 2.75) is 51.4 Å². The van der Waals surface area contributed by atoms with Crippen LogP contribution in [0, 0.1) is 11.8 Å². The minimum absolute atomic E-state index is 0.194. The lowest BCUT2D eigenvalue weighted by Gasteiger charge is -2.22. The molecular weight excluding hydrogens is 355 g/mol. The first-order valence-corrected chi connectivity index (χ1v) is 9.41. The van der Waals surface area contributed by atoms with Crippen molar-refractivity contribution in [3.63, 3.8) is 0 Å². The van der Waals surface area contributed by atoms with E-state index in [0.717, 1.165) is 25.0 Å². The predicted molar refractivity (Wildman–Crippen MR) is 95.0 cm³/mol. The molecule has 2 aliphatic carbocycles. The molecular formula is C20H22F3N3O. The molecule has 2 aliphatic rings. The third-order valence-electron chi connectivity index (χ3n) is 5.85. The Hall–Kier alpha value is -2.31. The Bertz CT molecular complexity index is 858. The lowest BCUT2D eigenvalue weighted by molar-refractivity contribution is -0.137. The largest absolute Gasteiger partial charge is 0.416 e. The van der Waals surface area contributed by atoms with E-state index in [9.17, 15) is 18.0 Å². The van der Waals surface area contributed by atoms with Gasteiger partial charge in [-0.25, -0.2) is 0 Å². The van der Waals surface area contributed by atoms with Crippen molar-refractivity contribution in [2.24, 2.45) is 11.8 Å². The summed E-state index contributed by atoms with van der Waals surface area (Å²) >= 11 is 0. The fourth-order valence-electron chi connectivity index (χ4n) is 4.52. The molecule has 1 aromatic heterocycles. The van der Waals surface area contributed by atoms with E-state index < -0.39 is 11.7 Å². The molecule has 1 N–H and O–H groups in total. The molecule has 7 heteroatoms. The van der Waals surface area contributed by atoms with Crippen molar-refractivity contribution in [2.75, 3.05) is 0 Å². The van der Waals surface area contributed by atoms with Gasteiger partial charge in [-0.05, 0) is 56.2 Å². The third-order valence-corrected chi connectivity index (χ3v) is 5.85. The molecule has 3 atom stereocenters. The van der Waals surface area contributed by atoms with E-state index in [1.165, 1.54) is 18.9 Å². The van der Waals surface area contributed by atoms with E-state index in [0.29, 0.717) is 29.6 Å². The number of benzene rings is 1. The van der Waals surface area contributed by atoms with E-state index >= 15 is 0 Å². The van der Waals surface area contributed by atoms with Gasteiger partial charge in [0.2, 0.25) is 0 Å². The van der Waals surface area contributed by atoms with Crippen LogP contribution < -0.4 is 5.32 Å². The summed E-state index contributed by atoms with van der Waals surface area (Å²) in [5, 5.41) is 7.41. The Morgan fingerprint density at radius 2 is 2.07 bits per heavy atom. The zero-order chi connectivity index (χ0) is 19.2. The van der Waals surface area contributed by atoms with Crippen molar-refractivity contribution >= 4 is 5.91 Å². The van der Waals surface area contributed by atoms with Crippen molar-refractivity contribution in [3.05, 3.63) is 41.6 Å². The van der Waals surface area contributed by atoms with Gasteiger partial charge < -0.3 is 5.32 Å². The highest BCUT2D eigenvalue weighted by molar-refractivity contribution is 5.93. The first-order chi connectivity index (χ1) is 12.8. The van der Waals surface area contributed by atoms with Gasteiger partial charge in [0.05, 0.1) is 11.3 Å². The Morgan fingerprint density at radius 1 is 1.26 bits per heavy atom. The Morgan fingerprint density at radius 3 is 2.70 bits per heavy atom. The maximum Gasteiger partial charge on any atom is 0.416 e. The summed E-state index contributed by atoms with van der Waals surface area (Å²) in [5.41, 5.74) is 0.462. The molecule has 2 saturated carbocycles. The number of alkyl halides is 3. The minimum Gasteiger partial charge on any atom is -0.348 e. The maximum absolute atomic E-state index is 13.0. The van der Waals surface area contributed by atoms with Gasteiger partial charge in [0.25, 0.3) is 5.91 Å². The highest BCUT2D eigenvalue weighted by atomic mass is 19.4. The van der Waals surface area contributed by atoms with Crippen LogP contribution in [0.15, 0.2) is 30.3 Å². The van der Waals surface area contributed by atoms with Crippen molar-refractivity contribution < 1.29 is 18.0 Å². The Labute approximate surface area is 155 Å². The summed E-state index contributed by atoms with van der Waals surface area (Å²) in [6.07, 6.45) is 0.208. The van der Waals surface area contributed by atoms with Crippen LogP contribution >= 0.6 is 0 Å². The average molecular weight is 377 g/mol. The molecule has 2 bridgehead atoms. The molecule has 0 aliphatic heterocycles. The zero-order valence-corrected chi connectivity index (χ0v) is 15.1. The quantitative estimate of drug-likeness (QED) is 0.852. The second-order valence-electron chi connectivity index (χ2n) is 7.56. The molecule has 1 amide bonds. The number of rotatable bonds is 4. The number of halogens is 3. The van der Waals surface area contributed by atoms with Crippen molar-refractivity contribution in [1.29, 1.82) is 0 Å². The average Bonchev–Trinajstić information content (AvgIpc) is 3.36. The smallest absolute Gasteiger partial charge is 0.348 e. The van der Waals surface area contributed by atoms with Crippen molar-refractivity contribution in [3.8, 4) is 11.3 Å². The van der Waals surface area contributed by atoms with Gasteiger partial charge in [-0.1, -0.05) is 18.6 Å². The first kappa shape index (κ1) is 18.1. The van der Waals surface area contributed by atoms with Gasteiger partial charge in [-0.15, -0.1) is 0 Å². The number of carbonyl (C=O) groups excluding carboxylic acids is 1. The number of aromatic nitrogens is 2. The number of amides is 1. The third kappa shape index (κ3) is 3.47. The number of nitrogens with one attached hydrogen (secondary N) is 1. The predicted octanol–water partition coefficient (Wildman–Crippen LogP) is 4.51. The SMILES string of the molecule is CCn1nc(C(=O)N[C@@H]2C[C@H]3CC[C@H]2C3)cc1-c1cccc(C(F)(F)F)c1. The maximum atomic E-state index is 13.0. The van der Waals surface area contributed by atoms with E-state index in [-0.39, 0.29) is 17.6 Å². The summed E-state index contributed by atoms with van der Waals surface area (Å²) in [6.45, 7) is 2.31. The van der Waals surface area contributed by atoms with Gasteiger partial charge in [-0.3, -0.25) is 9.48 Å². The summed E-state index contributed by atoms with van der Waals surface area (Å²) < 4.78 is 40.6. The van der Waals surface area contributed by atoms with Crippen molar-refractivity contribution in [1.82, 2.24) is 15.1 Å².